The van der Waals surface area contributed by atoms with Crippen LogP contribution in [0, 0.1) is 0 Å². The molecule has 0 aliphatic carbocycles. The van der Waals surface area contributed by atoms with Gasteiger partial charge in [0.05, 0.1) is 5.69 Å². The van der Waals surface area contributed by atoms with Gasteiger partial charge >= 0.3 is 0 Å². The fourth-order valence-electron chi connectivity index (χ4n) is 7.06. The predicted octanol–water partition coefficient (Wildman–Crippen LogP) is 13.4. The van der Waals surface area contributed by atoms with Gasteiger partial charge in [-0.25, -0.2) is 0 Å². The third-order valence-electron chi connectivity index (χ3n) is 9.11. The van der Waals surface area contributed by atoms with Gasteiger partial charge in [-0.05, 0) is 88.8 Å². The van der Waals surface area contributed by atoms with E-state index >= 15 is 0 Å². The minimum Gasteiger partial charge on any atom is -0.456 e. The van der Waals surface area contributed by atoms with Crippen LogP contribution in [0.25, 0.3) is 75.8 Å². The smallest absolute Gasteiger partial charge is 0.135 e. The molecular weight excluding hydrogens is 579 g/mol. The maximum absolute atomic E-state index is 6.25. The van der Waals surface area contributed by atoms with E-state index in [9.17, 15) is 0 Å². The molecule has 0 atom stereocenters. The zero-order valence-corrected chi connectivity index (χ0v) is 26.1. The molecule has 2 nitrogen and oxygen atoms in total. The van der Waals surface area contributed by atoms with Crippen molar-refractivity contribution in [3.8, 4) is 0 Å². The molecule has 0 bridgehead atoms. The molecule has 218 valence electrons. The number of para-hydroxylation sites is 1. The number of anilines is 3. The zero-order valence-electron chi connectivity index (χ0n) is 25.3. The molecule has 7 aromatic carbocycles. The quantitative estimate of drug-likeness (QED) is 0.181. The van der Waals surface area contributed by atoms with Gasteiger partial charge < -0.3 is 9.32 Å². The highest BCUT2D eigenvalue weighted by Gasteiger charge is 2.20. The number of benzene rings is 7. The number of hydrogen-bond donors (Lipinski definition) is 0. The summed E-state index contributed by atoms with van der Waals surface area (Å²) in [7, 11) is 0. The second-order valence-electron chi connectivity index (χ2n) is 11.7. The molecule has 2 heterocycles. The molecule has 46 heavy (non-hydrogen) atoms. The molecule has 2 aromatic heterocycles. The molecule has 0 saturated carbocycles. The van der Waals surface area contributed by atoms with Crippen molar-refractivity contribution in [3.05, 3.63) is 151 Å². The summed E-state index contributed by atoms with van der Waals surface area (Å²) in [6.45, 7) is 6.20. The van der Waals surface area contributed by atoms with Crippen molar-refractivity contribution in [2.75, 3.05) is 4.90 Å². The summed E-state index contributed by atoms with van der Waals surface area (Å²) in [5, 5.41) is 9.66. The Balaban J connectivity index is 1.38. The Bertz CT molecular complexity index is 2690. The highest BCUT2D eigenvalue weighted by Crippen LogP contribution is 2.46. The molecule has 0 unspecified atom stereocenters. The average Bonchev–Trinajstić information content (AvgIpc) is 3.67. The molecule has 3 heteroatoms. The first-order valence-electron chi connectivity index (χ1n) is 15.6. The minimum atomic E-state index is 0.889. The van der Waals surface area contributed by atoms with Crippen molar-refractivity contribution in [2.45, 2.75) is 6.92 Å². The first kappa shape index (κ1) is 26.7. The summed E-state index contributed by atoms with van der Waals surface area (Å²) in [6, 6.07) is 46.0. The van der Waals surface area contributed by atoms with E-state index in [2.05, 4.69) is 146 Å². The van der Waals surface area contributed by atoms with Crippen LogP contribution >= 0.6 is 11.3 Å². The molecule has 0 spiro atoms. The zero-order chi connectivity index (χ0) is 30.8. The normalized spacial score (nSPS) is 12.0. The molecule has 9 rings (SSSR count). The average molecular weight is 608 g/mol. The van der Waals surface area contributed by atoms with Crippen LogP contribution in [-0.4, -0.2) is 0 Å². The second kappa shape index (κ2) is 10.5. The van der Waals surface area contributed by atoms with Gasteiger partial charge in [-0.3, -0.25) is 0 Å². The fraction of sp³-hybridized carbons (Fsp3) is 0.0233. The fourth-order valence-corrected chi connectivity index (χ4v) is 8.16. The highest BCUT2D eigenvalue weighted by molar-refractivity contribution is 7.25. The lowest BCUT2D eigenvalue weighted by Gasteiger charge is -2.28. The van der Waals surface area contributed by atoms with E-state index in [0.29, 0.717) is 0 Å². The lowest BCUT2D eigenvalue weighted by molar-refractivity contribution is 0.669. The van der Waals surface area contributed by atoms with E-state index in [1.807, 2.05) is 29.5 Å². The Morgan fingerprint density at radius 2 is 1.28 bits per heavy atom. The molecule has 0 amide bonds. The maximum atomic E-state index is 6.25. The van der Waals surface area contributed by atoms with Crippen LogP contribution in [0.1, 0.15) is 18.1 Å². The predicted molar refractivity (Wildman–Crippen MR) is 201 cm³/mol. The van der Waals surface area contributed by atoms with E-state index in [4.69, 9.17) is 4.42 Å². The van der Waals surface area contributed by atoms with E-state index in [-0.39, 0.29) is 0 Å². The summed E-state index contributed by atoms with van der Waals surface area (Å²) in [6.07, 6.45) is 6.29. The Kier molecular flexibility index (Phi) is 6.09. The van der Waals surface area contributed by atoms with E-state index < -0.39 is 0 Å². The monoisotopic (exact) mass is 607 g/mol. The Morgan fingerprint density at radius 3 is 2.11 bits per heavy atom. The number of rotatable bonds is 5. The van der Waals surface area contributed by atoms with Crippen molar-refractivity contribution in [1.29, 1.82) is 0 Å². The van der Waals surface area contributed by atoms with Crippen LogP contribution in [0.3, 0.4) is 0 Å². The van der Waals surface area contributed by atoms with E-state index in [1.165, 1.54) is 47.3 Å². The van der Waals surface area contributed by atoms with Crippen LogP contribution in [0.5, 0.6) is 0 Å². The Morgan fingerprint density at radius 1 is 0.609 bits per heavy atom. The molecule has 0 aliphatic rings. The first-order chi connectivity index (χ1) is 22.7. The van der Waals surface area contributed by atoms with E-state index in [0.717, 1.165) is 44.6 Å². The third kappa shape index (κ3) is 4.02. The molecule has 0 radical (unpaired) electrons. The molecule has 0 N–H and O–H groups in total. The molecule has 9 aromatic rings. The van der Waals surface area contributed by atoms with Crippen LogP contribution in [0.15, 0.2) is 144 Å². The van der Waals surface area contributed by atoms with Gasteiger partial charge in [0.15, 0.2) is 0 Å². The van der Waals surface area contributed by atoms with Crippen LogP contribution in [0.4, 0.5) is 17.1 Å². The van der Waals surface area contributed by atoms with Crippen molar-refractivity contribution in [3.63, 3.8) is 0 Å². The molecule has 0 aliphatic heterocycles. The van der Waals surface area contributed by atoms with Crippen molar-refractivity contribution in [2.24, 2.45) is 0 Å². The number of hydrogen-bond acceptors (Lipinski definition) is 3. The number of fused-ring (bicyclic) bond motifs is 9. The number of nitrogens with zero attached hydrogens (tertiary/aromatic N) is 1. The Labute approximate surface area is 270 Å². The Hall–Kier alpha value is -5.64. The van der Waals surface area contributed by atoms with Gasteiger partial charge in [-0.2, -0.15) is 0 Å². The molecule has 0 fully saturated rings. The molecular formula is C43H29NOS. The van der Waals surface area contributed by atoms with Gasteiger partial charge in [-0.1, -0.05) is 97.6 Å². The number of furan rings is 1. The SMILES string of the molecule is C=Cc1ccc2sc3ccc(N(c4ccc5oc6ccccc6c5c4)c4cc5ccccc5c5ccccc45)cc3c2c1/C=C\C. The van der Waals surface area contributed by atoms with Crippen LogP contribution in [-0.2, 0) is 0 Å². The summed E-state index contributed by atoms with van der Waals surface area (Å²) in [5.41, 5.74) is 7.48. The van der Waals surface area contributed by atoms with Gasteiger partial charge in [0.25, 0.3) is 0 Å². The standard InChI is InChI=1S/C43H29NOS/c1-3-11-32-27(4-2)18-22-42-43(32)37-26-30(20-23-41(37)46-42)44(29-19-21-40-36(25-29)35-16-9-10-17-39(35)45-40)38-24-28-12-5-6-13-31(28)33-14-7-8-15-34(33)38/h3-26H,2H2,1H3/b11-3-. The lowest BCUT2D eigenvalue weighted by atomic mass is 9.98. The van der Waals surface area contributed by atoms with Crippen LogP contribution < -0.4 is 4.90 Å². The van der Waals surface area contributed by atoms with Gasteiger partial charge in [0.1, 0.15) is 11.2 Å². The van der Waals surface area contributed by atoms with Crippen molar-refractivity contribution < 1.29 is 4.42 Å². The topological polar surface area (TPSA) is 16.4 Å². The summed E-state index contributed by atoms with van der Waals surface area (Å²) >= 11 is 1.84. The van der Waals surface area contributed by atoms with Crippen LogP contribution in [0.2, 0.25) is 0 Å². The largest absolute Gasteiger partial charge is 0.456 e. The third-order valence-corrected chi connectivity index (χ3v) is 10.2. The highest BCUT2D eigenvalue weighted by atomic mass is 32.1. The van der Waals surface area contributed by atoms with Crippen molar-refractivity contribution in [1.82, 2.24) is 0 Å². The van der Waals surface area contributed by atoms with Crippen molar-refractivity contribution >= 4 is 104 Å². The van der Waals surface area contributed by atoms with Gasteiger partial charge in [0, 0.05) is 47.7 Å². The lowest BCUT2D eigenvalue weighted by Crippen LogP contribution is -2.10. The minimum absolute atomic E-state index is 0.889. The second-order valence-corrected chi connectivity index (χ2v) is 12.8. The molecule has 0 saturated heterocycles. The van der Waals surface area contributed by atoms with E-state index in [1.54, 1.807) is 0 Å². The van der Waals surface area contributed by atoms with Gasteiger partial charge in [-0.15, -0.1) is 11.3 Å². The number of thiophene rings is 1. The number of allylic oxidation sites excluding steroid dienone is 1. The summed E-state index contributed by atoms with van der Waals surface area (Å²) in [5.74, 6) is 0. The summed E-state index contributed by atoms with van der Waals surface area (Å²) in [4.78, 5) is 2.42. The first-order valence-corrected chi connectivity index (χ1v) is 16.4. The maximum Gasteiger partial charge on any atom is 0.135 e. The summed E-state index contributed by atoms with van der Waals surface area (Å²) < 4.78 is 8.79. The van der Waals surface area contributed by atoms with Gasteiger partial charge in [0.2, 0.25) is 0 Å².